The van der Waals surface area contributed by atoms with E-state index in [4.69, 9.17) is 14.9 Å². The molecule has 3 rings (SSSR count). The van der Waals surface area contributed by atoms with E-state index in [9.17, 15) is 0 Å². The SMILES string of the molecule is CC(C)c1c(-c2cnn(CCO)c2)nn2c1O[C@H](C)CC2. The van der Waals surface area contributed by atoms with Crippen molar-refractivity contribution >= 4 is 0 Å². The van der Waals surface area contributed by atoms with Crippen LogP contribution in [0, 0.1) is 0 Å². The zero-order chi connectivity index (χ0) is 15.0. The van der Waals surface area contributed by atoms with Crippen LogP contribution in [0.25, 0.3) is 11.3 Å². The van der Waals surface area contributed by atoms with Gasteiger partial charge in [-0.1, -0.05) is 13.8 Å². The molecule has 21 heavy (non-hydrogen) atoms. The van der Waals surface area contributed by atoms with E-state index in [2.05, 4.69) is 25.9 Å². The first-order chi connectivity index (χ1) is 10.1. The maximum absolute atomic E-state index is 9.00. The normalized spacial score (nSPS) is 17.9. The first-order valence-corrected chi connectivity index (χ1v) is 7.51. The number of ether oxygens (including phenoxy) is 1. The Morgan fingerprint density at radius 3 is 3.00 bits per heavy atom. The summed E-state index contributed by atoms with van der Waals surface area (Å²) in [5.41, 5.74) is 3.06. The molecule has 1 atom stereocenters. The zero-order valence-electron chi connectivity index (χ0n) is 12.8. The molecule has 0 unspecified atom stereocenters. The van der Waals surface area contributed by atoms with Crippen LogP contribution in [-0.2, 0) is 13.1 Å². The Balaban J connectivity index is 2.05. The van der Waals surface area contributed by atoms with Crippen LogP contribution in [0.2, 0.25) is 0 Å². The Bertz CT molecular complexity index is 630. The van der Waals surface area contributed by atoms with Gasteiger partial charge < -0.3 is 9.84 Å². The standard InChI is InChI=1S/C15H22N4O2/c1-10(2)13-14(12-8-16-18(9-12)6-7-20)17-19-5-4-11(3)21-15(13)19/h8-11,20H,4-7H2,1-3H3/t11-/m1/s1. The number of hydrogen-bond acceptors (Lipinski definition) is 4. The van der Waals surface area contributed by atoms with Crippen molar-refractivity contribution in [3.05, 3.63) is 18.0 Å². The molecule has 0 spiro atoms. The molecule has 1 N–H and O–H groups in total. The van der Waals surface area contributed by atoms with Crippen LogP contribution in [0.5, 0.6) is 5.88 Å². The van der Waals surface area contributed by atoms with Gasteiger partial charge in [0.1, 0.15) is 5.69 Å². The predicted molar refractivity (Wildman–Crippen MR) is 79.3 cm³/mol. The number of aryl methyl sites for hydroxylation is 1. The third-order valence-corrected chi connectivity index (χ3v) is 3.81. The molecule has 0 radical (unpaired) electrons. The lowest BCUT2D eigenvalue weighted by Crippen LogP contribution is -2.23. The first kappa shape index (κ1) is 14.1. The summed E-state index contributed by atoms with van der Waals surface area (Å²) in [6, 6.07) is 0. The third-order valence-electron chi connectivity index (χ3n) is 3.81. The van der Waals surface area contributed by atoms with Gasteiger partial charge in [0.2, 0.25) is 5.88 Å². The molecule has 6 heteroatoms. The number of aromatic nitrogens is 4. The molecule has 0 saturated heterocycles. The molecule has 0 aliphatic carbocycles. The van der Waals surface area contributed by atoms with E-state index in [1.54, 1.807) is 10.9 Å². The summed E-state index contributed by atoms with van der Waals surface area (Å²) in [4.78, 5) is 0. The number of aliphatic hydroxyl groups excluding tert-OH is 1. The number of aliphatic hydroxyl groups is 1. The predicted octanol–water partition coefficient (Wildman–Crippen LogP) is 2.03. The molecular formula is C15H22N4O2. The van der Waals surface area contributed by atoms with E-state index < -0.39 is 0 Å². The highest BCUT2D eigenvalue weighted by Gasteiger charge is 2.27. The van der Waals surface area contributed by atoms with E-state index in [1.807, 2.05) is 10.9 Å². The van der Waals surface area contributed by atoms with Crippen LogP contribution in [0.4, 0.5) is 0 Å². The van der Waals surface area contributed by atoms with Gasteiger partial charge in [0.15, 0.2) is 0 Å². The molecule has 3 heterocycles. The van der Waals surface area contributed by atoms with E-state index >= 15 is 0 Å². The average molecular weight is 290 g/mol. The van der Waals surface area contributed by atoms with Gasteiger partial charge in [-0.25, -0.2) is 4.68 Å². The summed E-state index contributed by atoms with van der Waals surface area (Å²) in [5, 5.41) is 18.0. The van der Waals surface area contributed by atoms with Crippen LogP contribution in [-0.4, -0.2) is 37.4 Å². The summed E-state index contributed by atoms with van der Waals surface area (Å²) in [7, 11) is 0. The van der Waals surface area contributed by atoms with Crippen molar-refractivity contribution in [2.45, 2.75) is 52.3 Å². The molecular weight excluding hydrogens is 268 g/mol. The Morgan fingerprint density at radius 2 is 2.29 bits per heavy atom. The van der Waals surface area contributed by atoms with Crippen LogP contribution < -0.4 is 4.74 Å². The van der Waals surface area contributed by atoms with Gasteiger partial charge in [0.25, 0.3) is 0 Å². The van der Waals surface area contributed by atoms with E-state index in [0.29, 0.717) is 12.5 Å². The molecule has 2 aromatic heterocycles. The molecule has 0 saturated carbocycles. The van der Waals surface area contributed by atoms with Crippen molar-refractivity contribution < 1.29 is 9.84 Å². The molecule has 1 aliphatic rings. The van der Waals surface area contributed by atoms with Crippen LogP contribution in [0.15, 0.2) is 12.4 Å². The fraction of sp³-hybridized carbons (Fsp3) is 0.600. The fourth-order valence-corrected chi connectivity index (χ4v) is 2.73. The van der Waals surface area contributed by atoms with Crippen molar-refractivity contribution in [2.75, 3.05) is 6.61 Å². The molecule has 0 bridgehead atoms. The van der Waals surface area contributed by atoms with Crippen molar-refractivity contribution in [1.29, 1.82) is 0 Å². The van der Waals surface area contributed by atoms with Crippen LogP contribution >= 0.6 is 0 Å². The monoisotopic (exact) mass is 290 g/mol. The molecule has 0 aromatic carbocycles. The van der Waals surface area contributed by atoms with Crippen LogP contribution in [0.3, 0.4) is 0 Å². The third kappa shape index (κ3) is 2.55. The highest BCUT2D eigenvalue weighted by molar-refractivity contribution is 5.65. The van der Waals surface area contributed by atoms with Gasteiger partial charge in [-0.2, -0.15) is 10.2 Å². The molecule has 0 fully saturated rings. The minimum Gasteiger partial charge on any atom is -0.475 e. The zero-order valence-corrected chi connectivity index (χ0v) is 12.8. The largest absolute Gasteiger partial charge is 0.475 e. The van der Waals surface area contributed by atoms with Gasteiger partial charge in [0, 0.05) is 30.3 Å². The highest BCUT2D eigenvalue weighted by atomic mass is 16.5. The van der Waals surface area contributed by atoms with Crippen molar-refractivity contribution in [1.82, 2.24) is 19.6 Å². The fourth-order valence-electron chi connectivity index (χ4n) is 2.73. The highest BCUT2D eigenvalue weighted by Crippen LogP contribution is 2.38. The van der Waals surface area contributed by atoms with Crippen molar-refractivity contribution in [3.63, 3.8) is 0 Å². The maximum Gasteiger partial charge on any atom is 0.216 e. The molecule has 0 amide bonds. The van der Waals surface area contributed by atoms with Crippen molar-refractivity contribution in [3.8, 4) is 17.1 Å². The summed E-state index contributed by atoms with van der Waals surface area (Å²) < 4.78 is 9.72. The Hall–Kier alpha value is -1.82. The summed E-state index contributed by atoms with van der Waals surface area (Å²) >= 11 is 0. The summed E-state index contributed by atoms with van der Waals surface area (Å²) in [5.74, 6) is 1.23. The van der Waals surface area contributed by atoms with E-state index in [-0.39, 0.29) is 12.7 Å². The Labute approximate surface area is 124 Å². The first-order valence-electron chi connectivity index (χ1n) is 7.51. The average Bonchev–Trinajstić information content (AvgIpc) is 3.02. The Morgan fingerprint density at radius 1 is 1.48 bits per heavy atom. The minimum absolute atomic E-state index is 0.0818. The molecule has 114 valence electrons. The lowest BCUT2D eigenvalue weighted by atomic mass is 10.0. The Kier molecular flexibility index (Phi) is 3.71. The molecule has 2 aromatic rings. The van der Waals surface area contributed by atoms with E-state index in [0.717, 1.165) is 35.7 Å². The van der Waals surface area contributed by atoms with Crippen molar-refractivity contribution in [2.24, 2.45) is 0 Å². The van der Waals surface area contributed by atoms with Gasteiger partial charge in [-0.15, -0.1) is 0 Å². The number of hydrogen-bond donors (Lipinski definition) is 1. The quantitative estimate of drug-likeness (QED) is 0.935. The van der Waals surface area contributed by atoms with Gasteiger partial charge in [-0.3, -0.25) is 4.68 Å². The number of nitrogens with zero attached hydrogens (tertiary/aromatic N) is 4. The second-order valence-corrected chi connectivity index (χ2v) is 5.88. The second kappa shape index (κ2) is 5.52. The van der Waals surface area contributed by atoms with Gasteiger partial charge >= 0.3 is 0 Å². The summed E-state index contributed by atoms with van der Waals surface area (Å²) in [6.45, 7) is 7.88. The topological polar surface area (TPSA) is 65.1 Å². The van der Waals surface area contributed by atoms with E-state index in [1.165, 1.54) is 0 Å². The lowest BCUT2D eigenvalue weighted by molar-refractivity contribution is 0.147. The maximum atomic E-state index is 9.00. The van der Waals surface area contributed by atoms with Gasteiger partial charge in [0.05, 0.1) is 25.5 Å². The molecule has 1 aliphatic heterocycles. The number of fused-ring (bicyclic) bond motifs is 1. The van der Waals surface area contributed by atoms with Gasteiger partial charge in [-0.05, 0) is 12.8 Å². The van der Waals surface area contributed by atoms with Crippen LogP contribution in [0.1, 0.15) is 38.7 Å². The lowest BCUT2D eigenvalue weighted by Gasteiger charge is -2.23. The number of rotatable bonds is 4. The smallest absolute Gasteiger partial charge is 0.216 e. The minimum atomic E-state index is 0.0818. The second-order valence-electron chi connectivity index (χ2n) is 5.88. The molecule has 6 nitrogen and oxygen atoms in total. The summed E-state index contributed by atoms with van der Waals surface area (Å²) in [6.07, 6.45) is 4.95.